The summed E-state index contributed by atoms with van der Waals surface area (Å²) in [7, 11) is 0. The van der Waals surface area contributed by atoms with E-state index in [4.69, 9.17) is 18.9 Å². The zero-order valence-corrected chi connectivity index (χ0v) is 9.90. The molecule has 0 bridgehead atoms. The smallest absolute Gasteiger partial charge is 0.158 e. The van der Waals surface area contributed by atoms with E-state index in [0.29, 0.717) is 6.61 Å². The Bertz CT molecular complexity index is 159. The molecule has 0 amide bonds. The van der Waals surface area contributed by atoms with Crippen molar-refractivity contribution in [1.82, 2.24) is 0 Å². The number of unbranched alkanes of at least 4 members (excludes halogenated alkanes) is 1. The van der Waals surface area contributed by atoms with Crippen molar-refractivity contribution in [3.8, 4) is 0 Å². The van der Waals surface area contributed by atoms with Gasteiger partial charge in [-0.1, -0.05) is 13.3 Å². The normalized spacial score (nSPS) is 23.8. The Labute approximate surface area is 91.8 Å². The van der Waals surface area contributed by atoms with Crippen LogP contribution in [0.5, 0.6) is 0 Å². The van der Waals surface area contributed by atoms with Gasteiger partial charge in [-0.2, -0.15) is 0 Å². The maximum Gasteiger partial charge on any atom is 0.158 e. The average Bonchev–Trinajstić information content (AvgIpc) is 2.98. The van der Waals surface area contributed by atoms with E-state index in [1.165, 1.54) is 0 Å². The zero-order chi connectivity index (χ0) is 11.1. The van der Waals surface area contributed by atoms with Gasteiger partial charge in [-0.3, -0.25) is 0 Å². The molecule has 4 heteroatoms. The summed E-state index contributed by atoms with van der Waals surface area (Å²) in [6.45, 7) is 8.08. The molecule has 0 spiro atoms. The molecule has 0 radical (unpaired) electrons. The van der Waals surface area contributed by atoms with Crippen molar-refractivity contribution < 1.29 is 18.9 Å². The molecule has 3 atom stereocenters. The Balaban J connectivity index is 1.94. The van der Waals surface area contributed by atoms with Gasteiger partial charge in [0.15, 0.2) is 12.6 Å². The molecule has 1 aliphatic heterocycles. The summed E-state index contributed by atoms with van der Waals surface area (Å²) in [5, 5.41) is 0. The molecular formula is C11H22O4. The lowest BCUT2D eigenvalue weighted by molar-refractivity contribution is -0.232. The average molecular weight is 218 g/mol. The van der Waals surface area contributed by atoms with Crippen molar-refractivity contribution in [3.05, 3.63) is 0 Å². The first-order valence-corrected chi connectivity index (χ1v) is 5.72. The van der Waals surface area contributed by atoms with Crippen molar-refractivity contribution >= 4 is 0 Å². The summed E-state index contributed by atoms with van der Waals surface area (Å²) in [5.74, 6) is 0. The van der Waals surface area contributed by atoms with Crippen molar-refractivity contribution in [1.29, 1.82) is 0 Å². The number of hydrogen-bond acceptors (Lipinski definition) is 4. The van der Waals surface area contributed by atoms with Crippen molar-refractivity contribution in [2.75, 3.05) is 19.8 Å². The van der Waals surface area contributed by atoms with Gasteiger partial charge in [0, 0.05) is 6.61 Å². The van der Waals surface area contributed by atoms with Gasteiger partial charge in [-0.15, -0.1) is 0 Å². The molecule has 0 aromatic carbocycles. The van der Waals surface area contributed by atoms with Crippen LogP contribution in [0.15, 0.2) is 0 Å². The molecule has 1 heterocycles. The molecule has 0 aromatic heterocycles. The fourth-order valence-corrected chi connectivity index (χ4v) is 1.15. The summed E-state index contributed by atoms with van der Waals surface area (Å²) in [4.78, 5) is 0. The van der Waals surface area contributed by atoms with Crippen molar-refractivity contribution in [2.24, 2.45) is 0 Å². The number of epoxide rings is 1. The van der Waals surface area contributed by atoms with E-state index in [2.05, 4.69) is 6.92 Å². The first-order valence-electron chi connectivity index (χ1n) is 5.72. The van der Waals surface area contributed by atoms with Gasteiger partial charge < -0.3 is 18.9 Å². The maximum absolute atomic E-state index is 5.48. The SMILES string of the molecule is CCCCOC(C)OC(C)OCC1CO1. The van der Waals surface area contributed by atoms with Gasteiger partial charge in [0.05, 0.1) is 13.2 Å². The van der Waals surface area contributed by atoms with Crippen LogP contribution >= 0.6 is 0 Å². The zero-order valence-electron chi connectivity index (χ0n) is 9.90. The van der Waals surface area contributed by atoms with Crippen LogP contribution in [0.3, 0.4) is 0 Å². The Morgan fingerprint density at radius 2 is 1.93 bits per heavy atom. The lowest BCUT2D eigenvalue weighted by atomic mass is 10.4. The van der Waals surface area contributed by atoms with Crippen LogP contribution in [-0.2, 0) is 18.9 Å². The van der Waals surface area contributed by atoms with E-state index in [0.717, 1.165) is 26.1 Å². The van der Waals surface area contributed by atoms with E-state index >= 15 is 0 Å². The number of rotatable bonds is 9. The summed E-state index contributed by atoms with van der Waals surface area (Å²) in [6.07, 6.45) is 2.06. The minimum atomic E-state index is -0.231. The third-order valence-electron chi connectivity index (χ3n) is 2.15. The molecule has 0 aromatic rings. The van der Waals surface area contributed by atoms with Crippen LogP contribution in [0.1, 0.15) is 33.6 Å². The van der Waals surface area contributed by atoms with Crippen LogP contribution in [0.25, 0.3) is 0 Å². The Hall–Kier alpha value is -0.160. The van der Waals surface area contributed by atoms with Crippen LogP contribution in [0.4, 0.5) is 0 Å². The molecular weight excluding hydrogens is 196 g/mol. The van der Waals surface area contributed by atoms with Crippen LogP contribution < -0.4 is 0 Å². The lowest BCUT2D eigenvalue weighted by Gasteiger charge is -2.19. The molecule has 1 fully saturated rings. The second-order valence-electron chi connectivity index (χ2n) is 3.78. The third kappa shape index (κ3) is 6.84. The Morgan fingerprint density at radius 1 is 1.27 bits per heavy atom. The van der Waals surface area contributed by atoms with E-state index in [1.807, 2.05) is 13.8 Å². The van der Waals surface area contributed by atoms with Crippen molar-refractivity contribution in [2.45, 2.75) is 52.3 Å². The van der Waals surface area contributed by atoms with Gasteiger partial charge in [0.25, 0.3) is 0 Å². The largest absolute Gasteiger partial charge is 0.371 e. The highest BCUT2D eigenvalue weighted by Gasteiger charge is 2.23. The van der Waals surface area contributed by atoms with Crippen LogP contribution in [0.2, 0.25) is 0 Å². The third-order valence-corrected chi connectivity index (χ3v) is 2.15. The van der Waals surface area contributed by atoms with E-state index in [1.54, 1.807) is 0 Å². The topological polar surface area (TPSA) is 40.2 Å². The van der Waals surface area contributed by atoms with Crippen molar-refractivity contribution in [3.63, 3.8) is 0 Å². The molecule has 0 N–H and O–H groups in total. The standard InChI is InChI=1S/C11H22O4/c1-4-5-6-12-9(2)15-10(3)13-7-11-8-14-11/h9-11H,4-8H2,1-3H3. The monoisotopic (exact) mass is 218 g/mol. The van der Waals surface area contributed by atoms with E-state index in [9.17, 15) is 0 Å². The highest BCUT2D eigenvalue weighted by atomic mass is 16.8. The van der Waals surface area contributed by atoms with Gasteiger partial charge in [-0.05, 0) is 20.3 Å². The van der Waals surface area contributed by atoms with Gasteiger partial charge in [0.2, 0.25) is 0 Å². The van der Waals surface area contributed by atoms with Crippen LogP contribution in [0, 0.1) is 0 Å². The second-order valence-corrected chi connectivity index (χ2v) is 3.78. The summed E-state index contributed by atoms with van der Waals surface area (Å²) >= 11 is 0. The maximum atomic E-state index is 5.48. The molecule has 1 rings (SSSR count). The highest BCUT2D eigenvalue weighted by Crippen LogP contribution is 2.11. The number of hydrogen-bond donors (Lipinski definition) is 0. The lowest BCUT2D eigenvalue weighted by Crippen LogP contribution is -2.24. The molecule has 0 saturated carbocycles. The molecule has 4 nitrogen and oxygen atoms in total. The molecule has 1 saturated heterocycles. The molecule has 90 valence electrons. The summed E-state index contributed by atoms with van der Waals surface area (Å²) < 4.78 is 21.4. The molecule has 15 heavy (non-hydrogen) atoms. The predicted octanol–water partition coefficient (Wildman–Crippen LogP) is 1.93. The van der Waals surface area contributed by atoms with E-state index in [-0.39, 0.29) is 18.7 Å². The minimum absolute atomic E-state index is 0.202. The van der Waals surface area contributed by atoms with Gasteiger partial charge in [0.1, 0.15) is 6.10 Å². The Morgan fingerprint density at radius 3 is 2.53 bits per heavy atom. The summed E-state index contributed by atoms with van der Waals surface area (Å²) in [5.41, 5.74) is 0. The fraction of sp³-hybridized carbons (Fsp3) is 1.00. The predicted molar refractivity (Wildman–Crippen MR) is 56.6 cm³/mol. The highest BCUT2D eigenvalue weighted by molar-refractivity contribution is 4.67. The van der Waals surface area contributed by atoms with Gasteiger partial charge >= 0.3 is 0 Å². The first kappa shape index (κ1) is 12.9. The molecule has 1 aliphatic rings. The second kappa shape index (κ2) is 7.17. The Kier molecular flexibility index (Phi) is 6.17. The molecule has 0 aliphatic carbocycles. The van der Waals surface area contributed by atoms with Gasteiger partial charge in [-0.25, -0.2) is 0 Å². The van der Waals surface area contributed by atoms with E-state index < -0.39 is 0 Å². The summed E-state index contributed by atoms with van der Waals surface area (Å²) in [6, 6.07) is 0. The van der Waals surface area contributed by atoms with Crippen LogP contribution in [-0.4, -0.2) is 38.5 Å². The fourth-order valence-electron chi connectivity index (χ4n) is 1.15. The first-order chi connectivity index (χ1) is 7.22. The molecule has 3 unspecified atom stereocenters. The quantitative estimate of drug-likeness (QED) is 0.337. The minimum Gasteiger partial charge on any atom is -0.371 e. The number of ether oxygens (including phenoxy) is 4.